The highest BCUT2D eigenvalue weighted by Gasteiger charge is 2.30. The van der Waals surface area contributed by atoms with Gasteiger partial charge in [0.2, 0.25) is 0 Å². The number of aryl methyl sites for hydroxylation is 2. The molecular formula is C31H49N3O4. The van der Waals surface area contributed by atoms with E-state index in [0.29, 0.717) is 38.8 Å². The molecule has 0 saturated carbocycles. The van der Waals surface area contributed by atoms with Crippen LogP contribution >= 0.6 is 0 Å². The second-order valence-corrected chi connectivity index (χ2v) is 10.1. The minimum atomic E-state index is 0. The maximum Gasteiger partial charge on any atom is 0.127 e. The molecule has 0 aliphatic heterocycles. The molecule has 0 spiro atoms. The van der Waals surface area contributed by atoms with Crippen molar-refractivity contribution >= 4 is 0 Å². The molecule has 2 atom stereocenters. The van der Waals surface area contributed by atoms with E-state index < -0.39 is 0 Å². The highest BCUT2D eigenvalue weighted by atomic mass is 16.5. The quantitative estimate of drug-likeness (QED) is 0.187. The van der Waals surface area contributed by atoms with Crippen molar-refractivity contribution in [1.82, 2.24) is 15.0 Å². The Morgan fingerprint density at radius 2 is 1.89 bits per heavy atom. The average molecular weight is 528 g/mol. The van der Waals surface area contributed by atoms with Crippen LogP contribution in [0, 0.1) is 5.92 Å². The molecule has 1 N–H and O–H groups in total. The number of hydrogen-bond donors (Lipinski definition) is 1. The first-order valence-corrected chi connectivity index (χ1v) is 13.8. The highest BCUT2D eigenvalue weighted by Crippen LogP contribution is 2.47. The molecule has 1 aromatic heterocycles. The molecule has 38 heavy (non-hydrogen) atoms. The minimum Gasteiger partial charge on any atom is -0.507 e. The lowest BCUT2D eigenvalue weighted by Gasteiger charge is -2.32. The van der Waals surface area contributed by atoms with E-state index in [-0.39, 0.29) is 19.3 Å². The van der Waals surface area contributed by atoms with E-state index >= 15 is 0 Å². The predicted octanol–water partition coefficient (Wildman–Crippen LogP) is 7.00. The Morgan fingerprint density at radius 1 is 1.13 bits per heavy atom. The fourth-order valence-electron chi connectivity index (χ4n) is 4.92. The van der Waals surface area contributed by atoms with Crippen molar-refractivity contribution in [1.29, 1.82) is 0 Å². The number of phenols is 1. The Kier molecular flexibility index (Phi) is 13.6. The zero-order valence-electron chi connectivity index (χ0n) is 23.2. The van der Waals surface area contributed by atoms with Crippen LogP contribution in [0.1, 0.15) is 90.0 Å². The molecule has 1 aliphatic carbocycles. The molecule has 2 aromatic rings. The summed E-state index contributed by atoms with van der Waals surface area (Å²) in [6.07, 6.45) is 10.6. The summed E-state index contributed by atoms with van der Waals surface area (Å²) in [7, 11) is 0. The van der Waals surface area contributed by atoms with Crippen molar-refractivity contribution in [3.8, 4) is 11.5 Å². The third-order valence-corrected chi connectivity index (χ3v) is 6.98. The molecule has 3 rings (SSSR count). The van der Waals surface area contributed by atoms with Crippen molar-refractivity contribution in [3.05, 3.63) is 59.0 Å². The van der Waals surface area contributed by atoms with E-state index in [9.17, 15) is 5.11 Å². The van der Waals surface area contributed by atoms with Crippen molar-refractivity contribution in [2.75, 3.05) is 26.4 Å². The van der Waals surface area contributed by atoms with Crippen LogP contribution in [0.3, 0.4) is 0 Å². The van der Waals surface area contributed by atoms with Gasteiger partial charge in [0.05, 0.1) is 32.6 Å². The van der Waals surface area contributed by atoms with E-state index in [4.69, 9.17) is 14.2 Å². The SMILES string of the molecule is C.C=C(C)C1CCC(C)=CC1c1c(O)cc(CCCCC)cc1OCCOCCOCc1cn(CC)nn1. The van der Waals surface area contributed by atoms with Gasteiger partial charge in [-0.2, -0.15) is 0 Å². The molecule has 0 fully saturated rings. The van der Waals surface area contributed by atoms with Gasteiger partial charge < -0.3 is 19.3 Å². The topological polar surface area (TPSA) is 78.6 Å². The Hall–Kier alpha value is -2.64. The molecule has 1 aromatic carbocycles. The van der Waals surface area contributed by atoms with E-state index in [1.54, 1.807) is 4.68 Å². The summed E-state index contributed by atoms with van der Waals surface area (Å²) < 4.78 is 19.4. The Bertz CT molecular complexity index is 1030. The van der Waals surface area contributed by atoms with Gasteiger partial charge in [0.15, 0.2) is 0 Å². The van der Waals surface area contributed by atoms with E-state index in [0.717, 1.165) is 60.4 Å². The van der Waals surface area contributed by atoms with Crippen LogP contribution < -0.4 is 4.74 Å². The van der Waals surface area contributed by atoms with Crippen LogP contribution in [-0.4, -0.2) is 46.5 Å². The highest BCUT2D eigenvalue weighted by molar-refractivity contribution is 5.52. The molecule has 1 heterocycles. The van der Waals surface area contributed by atoms with Crippen molar-refractivity contribution in [3.63, 3.8) is 0 Å². The summed E-state index contributed by atoms with van der Waals surface area (Å²) >= 11 is 0. The van der Waals surface area contributed by atoms with E-state index in [2.05, 4.69) is 49.8 Å². The van der Waals surface area contributed by atoms with Gasteiger partial charge in [0.25, 0.3) is 0 Å². The lowest BCUT2D eigenvalue weighted by molar-refractivity contribution is 0.0292. The second-order valence-electron chi connectivity index (χ2n) is 10.1. The summed E-state index contributed by atoms with van der Waals surface area (Å²) in [5.74, 6) is 1.43. The Labute approximate surface area is 229 Å². The van der Waals surface area contributed by atoms with Gasteiger partial charge in [-0.3, -0.25) is 4.68 Å². The molecule has 2 unspecified atom stereocenters. The lowest BCUT2D eigenvalue weighted by Crippen LogP contribution is -2.19. The van der Waals surface area contributed by atoms with E-state index in [1.807, 2.05) is 19.2 Å². The summed E-state index contributed by atoms with van der Waals surface area (Å²) in [5, 5.41) is 19.3. The summed E-state index contributed by atoms with van der Waals surface area (Å²) in [5.41, 5.74) is 5.29. The summed E-state index contributed by atoms with van der Waals surface area (Å²) in [6, 6.07) is 4.04. The van der Waals surface area contributed by atoms with Gasteiger partial charge >= 0.3 is 0 Å². The Morgan fingerprint density at radius 3 is 2.61 bits per heavy atom. The molecule has 7 heteroatoms. The van der Waals surface area contributed by atoms with Gasteiger partial charge in [0.1, 0.15) is 23.8 Å². The standard InChI is InChI=1S/C30H45N3O4.CH4/c1-6-8-9-10-24-18-28(34)30(27-17-23(5)11-12-26(27)22(3)4)29(19-24)37-16-15-35-13-14-36-21-25-20-33(7-2)32-31-25;/h17-20,26-27,34H,3,6-16,21H2,1-2,4-5H3;1H4. The van der Waals surface area contributed by atoms with Crippen LogP contribution in [0.5, 0.6) is 11.5 Å². The van der Waals surface area contributed by atoms with Crippen LogP contribution in [0.2, 0.25) is 0 Å². The number of aromatic nitrogens is 3. The first kappa shape index (κ1) is 31.6. The third kappa shape index (κ3) is 9.28. The fraction of sp³-hybridized carbons (Fsp3) is 0.613. The molecule has 0 radical (unpaired) electrons. The zero-order valence-corrected chi connectivity index (χ0v) is 23.2. The number of phenolic OH excluding ortho intramolecular Hbond substituents is 1. The molecule has 0 saturated heterocycles. The molecule has 0 bridgehead atoms. The predicted molar refractivity (Wildman–Crippen MR) is 154 cm³/mol. The van der Waals surface area contributed by atoms with Crippen LogP contribution in [0.4, 0.5) is 0 Å². The summed E-state index contributed by atoms with van der Waals surface area (Å²) in [6.45, 7) is 15.7. The van der Waals surface area contributed by atoms with Crippen molar-refractivity contribution in [2.24, 2.45) is 5.92 Å². The van der Waals surface area contributed by atoms with Gasteiger partial charge in [0, 0.05) is 18.0 Å². The number of benzene rings is 1. The van der Waals surface area contributed by atoms with Gasteiger partial charge in [-0.15, -0.1) is 5.10 Å². The monoisotopic (exact) mass is 527 g/mol. The van der Waals surface area contributed by atoms with Gasteiger partial charge in [-0.05, 0) is 70.1 Å². The molecule has 7 nitrogen and oxygen atoms in total. The zero-order chi connectivity index (χ0) is 26.6. The van der Waals surface area contributed by atoms with E-state index in [1.165, 1.54) is 18.4 Å². The fourth-order valence-corrected chi connectivity index (χ4v) is 4.92. The maximum absolute atomic E-state index is 11.2. The second kappa shape index (κ2) is 16.4. The van der Waals surface area contributed by atoms with Crippen LogP contribution in [-0.2, 0) is 29.0 Å². The first-order chi connectivity index (χ1) is 17.9. The molecular weight excluding hydrogens is 478 g/mol. The van der Waals surface area contributed by atoms with Crippen molar-refractivity contribution < 1.29 is 19.3 Å². The first-order valence-electron chi connectivity index (χ1n) is 13.8. The lowest BCUT2D eigenvalue weighted by atomic mass is 9.73. The number of ether oxygens (including phenoxy) is 3. The number of unbranched alkanes of at least 4 members (excludes halogenated alkanes) is 2. The Balaban J connectivity index is 0.00000507. The number of rotatable bonds is 16. The minimum absolute atomic E-state index is 0. The molecule has 212 valence electrons. The third-order valence-electron chi connectivity index (χ3n) is 6.98. The number of aromatic hydroxyl groups is 1. The number of hydrogen-bond acceptors (Lipinski definition) is 6. The number of allylic oxidation sites excluding steroid dienone is 3. The molecule has 1 aliphatic rings. The maximum atomic E-state index is 11.2. The van der Waals surface area contributed by atoms with Crippen LogP contribution in [0.15, 0.2) is 42.1 Å². The molecule has 0 amide bonds. The van der Waals surface area contributed by atoms with Gasteiger partial charge in [-0.1, -0.05) is 56.2 Å². The summed E-state index contributed by atoms with van der Waals surface area (Å²) in [4.78, 5) is 0. The smallest absolute Gasteiger partial charge is 0.127 e. The number of nitrogens with zero attached hydrogens (tertiary/aromatic N) is 3. The normalized spacial score (nSPS) is 17.1. The van der Waals surface area contributed by atoms with Gasteiger partial charge in [-0.25, -0.2) is 0 Å². The van der Waals surface area contributed by atoms with Crippen molar-refractivity contribution in [2.45, 2.75) is 92.7 Å². The largest absolute Gasteiger partial charge is 0.507 e. The van der Waals surface area contributed by atoms with Crippen LogP contribution in [0.25, 0.3) is 0 Å². The average Bonchev–Trinajstić information content (AvgIpc) is 3.33.